The summed E-state index contributed by atoms with van der Waals surface area (Å²) in [6.45, 7) is 3.89. The molecular weight excluding hydrogens is 292 g/mol. The third-order valence-corrected chi connectivity index (χ3v) is 3.88. The number of aromatic nitrogens is 1. The SMILES string of the molecule is COc1cccc(CNC(c2ccccc2)C(C)(C)C(=O)O)n1. The van der Waals surface area contributed by atoms with E-state index in [0.29, 0.717) is 12.4 Å². The maximum atomic E-state index is 11.7. The summed E-state index contributed by atoms with van der Waals surface area (Å²) in [5.74, 6) is -0.310. The Bertz CT molecular complexity index is 656. The van der Waals surface area contributed by atoms with E-state index in [4.69, 9.17) is 4.74 Å². The second-order valence-corrected chi connectivity index (χ2v) is 5.92. The lowest BCUT2D eigenvalue weighted by Crippen LogP contribution is -2.39. The van der Waals surface area contributed by atoms with E-state index in [0.717, 1.165) is 11.3 Å². The van der Waals surface area contributed by atoms with Gasteiger partial charge in [-0.1, -0.05) is 36.4 Å². The molecule has 0 radical (unpaired) electrons. The molecule has 5 heteroatoms. The van der Waals surface area contributed by atoms with Gasteiger partial charge in [-0.2, -0.15) is 0 Å². The molecule has 2 rings (SSSR count). The first kappa shape index (κ1) is 17.0. The van der Waals surface area contributed by atoms with E-state index in [1.807, 2.05) is 42.5 Å². The molecule has 1 aromatic carbocycles. The summed E-state index contributed by atoms with van der Waals surface area (Å²) in [5, 5.41) is 12.9. The number of pyridine rings is 1. The number of nitrogens with zero attached hydrogens (tertiary/aromatic N) is 1. The van der Waals surface area contributed by atoms with Gasteiger partial charge in [0, 0.05) is 18.7 Å². The van der Waals surface area contributed by atoms with Gasteiger partial charge in [-0.05, 0) is 25.5 Å². The predicted octanol–water partition coefficient (Wildman–Crippen LogP) is 3.03. The minimum absolute atomic E-state index is 0.339. The first-order valence-electron chi connectivity index (χ1n) is 7.47. The van der Waals surface area contributed by atoms with E-state index in [1.54, 1.807) is 27.0 Å². The van der Waals surface area contributed by atoms with Gasteiger partial charge in [0.1, 0.15) is 0 Å². The molecule has 1 heterocycles. The van der Waals surface area contributed by atoms with Gasteiger partial charge in [0.25, 0.3) is 0 Å². The van der Waals surface area contributed by atoms with Crippen LogP contribution in [-0.2, 0) is 11.3 Å². The van der Waals surface area contributed by atoms with Crippen molar-refractivity contribution in [1.82, 2.24) is 10.3 Å². The number of hydrogen-bond donors (Lipinski definition) is 2. The molecule has 122 valence electrons. The van der Waals surface area contributed by atoms with Crippen molar-refractivity contribution >= 4 is 5.97 Å². The summed E-state index contributed by atoms with van der Waals surface area (Å²) >= 11 is 0. The van der Waals surface area contributed by atoms with Crippen LogP contribution in [0.2, 0.25) is 0 Å². The summed E-state index contributed by atoms with van der Waals surface area (Å²) in [6, 6.07) is 14.8. The van der Waals surface area contributed by atoms with Gasteiger partial charge in [0.2, 0.25) is 5.88 Å². The zero-order valence-corrected chi connectivity index (χ0v) is 13.6. The van der Waals surface area contributed by atoms with Gasteiger partial charge < -0.3 is 15.2 Å². The molecule has 0 bridgehead atoms. The van der Waals surface area contributed by atoms with Crippen molar-refractivity contribution < 1.29 is 14.6 Å². The van der Waals surface area contributed by atoms with Crippen LogP contribution in [0.5, 0.6) is 5.88 Å². The summed E-state index contributed by atoms with van der Waals surface area (Å²) < 4.78 is 5.12. The number of carboxylic acids is 1. The van der Waals surface area contributed by atoms with Crippen LogP contribution < -0.4 is 10.1 Å². The van der Waals surface area contributed by atoms with E-state index >= 15 is 0 Å². The molecule has 23 heavy (non-hydrogen) atoms. The fourth-order valence-corrected chi connectivity index (χ4v) is 2.43. The Balaban J connectivity index is 2.23. The summed E-state index contributed by atoms with van der Waals surface area (Å²) in [5.41, 5.74) is 0.773. The lowest BCUT2D eigenvalue weighted by molar-refractivity contribution is -0.148. The number of aliphatic carboxylic acids is 1. The molecule has 0 spiro atoms. The number of hydrogen-bond acceptors (Lipinski definition) is 4. The monoisotopic (exact) mass is 314 g/mol. The molecule has 1 atom stereocenters. The lowest BCUT2D eigenvalue weighted by Gasteiger charge is -2.31. The first-order chi connectivity index (χ1) is 10.9. The molecule has 1 unspecified atom stereocenters. The number of carboxylic acid groups (broad SMARTS) is 1. The largest absolute Gasteiger partial charge is 0.481 e. The van der Waals surface area contributed by atoms with E-state index < -0.39 is 11.4 Å². The number of carbonyl (C=O) groups is 1. The minimum atomic E-state index is -0.958. The first-order valence-corrected chi connectivity index (χ1v) is 7.47. The van der Waals surface area contributed by atoms with Crippen LogP contribution in [0.3, 0.4) is 0 Å². The summed E-state index contributed by atoms with van der Waals surface area (Å²) in [4.78, 5) is 16.0. The van der Waals surface area contributed by atoms with Crippen molar-refractivity contribution in [2.45, 2.75) is 26.4 Å². The second kappa shape index (κ2) is 7.24. The van der Waals surface area contributed by atoms with Crippen molar-refractivity contribution in [2.75, 3.05) is 7.11 Å². The molecule has 0 amide bonds. The highest BCUT2D eigenvalue weighted by Gasteiger charge is 2.37. The normalized spacial score (nSPS) is 12.7. The van der Waals surface area contributed by atoms with Crippen molar-refractivity contribution in [3.05, 3.63) is 59.8 Å². The van der Waals surface area contributed by atoms with Gasteiger partial charge in [-0.25, -0.2) is 4.98 Å². The van der Waals surface area contributed by atoms with E-state index in [2.05, 4.69) is 10.3 Å². The van der Waals surface area contributed by atoms with Crippen LogP contribution in [0.1, 0.15) is 31.1 Å². The van der Waals surface area contributed by atoms with Gasteiger partial charge >= 0.3 is 5.97 Å². The molecule has 2 aromatic rings. The Labute approximate surface area is 136 Å². The number of ether oxygens (including phenoxy) is 1. The Kier molecular flexibility index (Phi) is 5.34. The number of rotatable bonds is 7. The topological polar surface area (TPSA) is 71.5 Å². The Morgan fingerprint density at radius 1 is 1.22 bits per heavy atom. The molecule has 1 aromatic heterocycles. The molecule has 0 saturated heterocycles. The third kappa shape index (κ3) is 4.07. The minimum Gasteiger partial charge on any atom is -0.481 e. The standard InChI is InChI=1S/C18H22N2O3/c1-18(2,17(21)22)16(13-8-5-4-6-9-13)19-12-14-10-7-11-15(20-14)23-3/h4-11,16,19H,12H2,1-3H3,(H,21,22). The van der Waals surface area contributed by atoms with Crippen LogP contribution in [-0.4, -0.2) is 23.2 Å². The van der Waals surface area contributed by atoms with Crippen molar-refractivity contribution in [1.29, 1.82) is 0 Å². The van der Waals surface area contributed by atoms with Crippen LogP contribution >= 0.6 is 0 Å². The summed E-state index contributed by atoms with van der Waals surface area (Å²) in [6.07, 6.45) is 0. The highest BCUT2D eigenvalue weighted by atomic mass is 16.5. The smallest absolute Gasteiger partial charge is 0.311 e. The van der Waals surface area contributed by atoms with Gasteiger partial charge in [-0.3, -0.25) is 4.79 Å². The highest BCUT2D eigenvalue weighted by Crippen LogP contribution is 2.33. The van der Waals surface area contributed by atoms with Gasteiger partial charge in [0.05, 0.1) is 18.2 Å². The lowest BCUT2D eigenvalue weighted by atomic mass is 9.80. The van der Waals surface area contributed by atoms with E-state index in [9.17, 15) is 9.90 Å². The molecule has 5 nitrogen and oxygen atoms in total. The van der Waals surface area contributed by atoms with Crippen LogP contribution in [0.25, 0.3) is 0 Å². The van der Waals surface area contributed by atoms with E-state index in [-0.39, 0.29) is 6.04 Å². The van der Waals surface area contributed by atoms with Crippen LogP contribution in [0.4, 0.5) is 0 Å². The maximum Gasteiger partial charge on any atom is 0.311 e. The zero-order valence-electron chi connectivity index (χ0n) is 13.6. The molecule has 0 saturated carbocycles. The van der Waals surface area contributed by atoms with Crippen molar-refractivity contribution in [3.63, 3.8) is 0 Å². The molecule has 0 aliphatic rings. The molecule has 0 aliphatic heterocycles. The Hall–Kier alpha value is -2.40. The Morgan fingerprint density at radius 3 is 2.52 bits per heavy atom. The summed E-state index contributed by atoms with van der Waals surface area (Å²) in [7, 11) is 1.57. The fourth-order valence-electron chi connectivity index (χ4n) is 2.43. The number of nitrogens with one attached hydrogen (secondary N) is 1. The van der Waals surface area contributed by atoms with E-state index in [1.165, 1.54) is 0 Å². The maximum absolute atomic E-state index is 11.7. The molecule has 2 N–H and O–H groups in total. The average molecular weight is 314 g/mol. The zero-order chi connectivity index (χ0) is 16.9. The van der Waals surface area contributed by atoms with Crippen molar-refractivity contribution in [3.8, 4) is 5.88 Å². The fraction of sp³-hybridized carbons (Fsp3) is 0.333. The highest BCUT2D eigenvalue weighted by molar-refractivity contribution is 5.75. The number of benzene rings is 1. The van der Waals surface area contributed by atoms with Gasteiger partial charge in [0.15, 0.2) is 0 Å². The third-order valence-electron chi connectivity index (χ3n) is 3.88. The van der Waals surface area contributed by atoms with Gasteiger partial charge in [-0.15, -0.1) is 0 Å². The van der Waals surface area contributed by atoms with Crippen molar-refractivity contribution in [2.24, 2.45) is 5.41 Å². The average Bonchev–Trinajstić information content (AvgIpc) is 2.56. The Morgan fingerprint density at radius 2 is 1.91 bits per heavy atom. The van der Waals surface area contributed by atoms with Crippen LogP contribution in [0, 0.1) is 5.41 Å². The molecular formula is C18H22N2O3. The molecule has 0 aliphatic carbocycles. The number of methoxy groups -OCH3 is 1. The second-order valence-electron chi connectivity index (χ2n) is 5.92. The van der Waals surface area contributed by atoms with Crippen LogP contribution in [0.15, 0.2) is 48.5 Å². The predicted molar refractivity (Wildman–Crippen MR) is 88.2 cm³/mol. The quantitative estimate of drug-likeness (QED) is 0.822. The molecule has 0 fully saturated rings.